The van der Waals surface area contributed by atoms with Crippen LogP contribution in [0.5, 0.6) is 0 Å². The number of isocyanates is 2. The van der Waals surface area contributed by atoms with E-state index in [1.54, 1.807) is 12.2 Å². The largest absolute Gasteiger partial charge is 0.240 e. The van der Waals surface area contributed by atoms with Gasteiger partial charge in [0.05, 0.1) is 11.4 Å². The molecule has 4 heteroatoms. The number of aryl methyl sites for hydroxylation is 1. The highest BCUT2D eigenvalue weighted by atomic mass is 16.1. The van der Waals surface area contributed by atoms with E-state index in [-0.39, 0.29) is 0 Å². The minimum atomic E-state index is 0.658. The molecule has 0 amide bonds. The van der Waals surface area contributed by atoms with Crippen molar-refractivity contribution in [3.63, 3.8) is 0 Å². The Bertz CT molecular complexity index is 1870. The molecule has 0 atom stereocenters. The van der Waals surface area contributed by atoms with Gasteiger partial charge in [-0.15, -0.1) is 0 Å². The van der Waals surface area contributed by atoms with E-state index in [0.717, 1.165) is 49.4 Å². The Kier molecular flexibility index (Phi) is 7.62. The predicted octanol–water partition coefficient (Wildman–Crippen LogP) is 9.26. The zero-order valence-corrected chi connectivity index (χ0v) is 21.3. The van der Waals surface area contributed by atoms with Crippen LogP contribution >= 0.6 is 0 Å². The molecule has 0 saturated heterocycles. The van der Waals surface area contributed by atoms with E-state index in [4.69, 9.17) is 0 Å². The van der Waals surface area contributed by atoms with Gasteiger partial charge in [-0.2, -0.15) is 9.98 Å². The zero-order chi connectivity index (χ0) is 27.0. The molecule has 186 valence electrons. The number of rotatable bonds is 4. The van der Waals surface area contributed by atoms with Crippen molar-refractivity contribution in [3.8, 4) is 22.3 Å². The molecule has 0 radical (unpaired) electrons. The molecule has 6 rings (SSSR count). The second-order valence-electron chi connectivity index (χ2n) is 8.95. The van der Waals surface area contributed by atoms with Crippen molar-refractivity contribution >= 4 is 45.1 Å². The van der Waals surface area contributed by atoms with Gasteiger partial charge in [-0.25, -0.2) is 9.59 Å². The lowest BCUT2D eigenvalue weighted by molar-refractivity contribution is 0.564. The van der Waals surface area contributed by atoms with Crippen LogP contribution in [0, 0.1) is 6.92 Å². The molecule has 0 aliphatic rings. The Morgan fingerprint density at radius 2 is 0.949 bits per heavy atom. The fraction of sp³-hybridized carbons (Fsp3) is 0.0286. The summed E-state index contributed by atoms with van der Waals surface area (Å²) in [6, 6.07) is 42.2. The average molecular weight is 505 g/mol. The molecule has 0 N–H and O–H groups in total. The van der Waals surface area contributed by atoms with Gasteiger partial charge in [0, 0.05) is 10.8 Å². The molecule has 0 unspecified atom stereocenters. The normalized spacial score (nSPS) is 10.2. The van der Waals surface area contributed by atoms with E-state index in [0.29, 0.717) is 11.4 Å². The van der Waals surface area contributed by atoms with Crippen LogP contribution in [-0.2, 0) is 9.59 Å². The number of hydrogen-bond donors (Lipinski definition) is 0. The lowest BCUT2D eigenvalue weighted by atomic mass is 9.95. The summed E-state index contributed by atoms with van der Waals surface area (Å²) in [4.78, 5) is 28.7. The number of nitrogens with zero attached hydrogens (tertiary/aromatic N) is 2. The Hall–Kier alpha value is -5.40. The van der Waals surface area contributed by atoms with Gasteiger partial charge in [0.15, 0.2) is 0 Å². The molecule has 0 aliphatic carbocycles. The Morgan fingerprint density at radius 1 is 0.462 bits per heavy atom. The van der Waals surface area contributed by atoms with Crippen LogP contribution in [0.25, 0.3) is 43.8 Å². The molecule has 4 nitrogen and oxygen atoms in total. The first-order chi connectivity index (χ1) is 19.2. The Labute approximate surface area is 226 Å². The summed E-state index contributed by atoms with van der Waals surface area (Å²) in [5.41, 5.74) is 7.03. The van der Waals surface area contributed by atoms with Gasteiger partial charge in [-0.3, -0.25) is 0 Å². The van der Waals surface area contributed by atoms with Gasteiger partial charge in [0.2, 0.25) is 12.2 Å². The molecule has 0 spiro atoms. The highest BCUT2D eigenvalue weighted by Gasteiger charge is 2.09. The number of carbonyl (C=O) groups excluding carboxylic acids is 2. The fourth-order valence-corrected chi connectivity index (χ4v) is 4.88. The van der Waals surface area contributed by atoms with E-state index >= 15 is 0 Å². The quantitative estimate of drug-likeness (QED) is 0.177. The zero-order valence-electron chi connectivity index (χ0n) is 21.3. The van der Waals surface area contributed by atoms with Gasteiger partial charge < -0.3 is 0 Å². The highest BCUT2D eigenvalue weighted by Crippen LogP contribution is 2.36. The van der Waals surface area contributed by atoms with Gasteiger partial charge in [-0.05, 0) is 57.6 Å². The maximum atomic E-state index is 10.6. The molecule has 0 aromatic heterocycles. The molecule has 0 fully saturated rings. The molecule has 0 saturated carbocycles. The summed E-state index contributed by atoms with van der Waals surface area (Å²) in [6.07, 6.45) is 3.25. The standard InChI is InChI=1S/C18H13NO.C17H11NO/c1-13-6-5-9-16-15(14-7-3-2-4-8-14)10-11-17(18(13)16)19-12-20;19-12-18-17-11-10-14(13-6-2-1-3-7-13)15-8-4-5-9-16(15)17/h2-11H,1H3;1-11H. The summed E-state index contributed by atoms with van der Waals surface area (Å²) >= 11 is 0. The lowest BCUT2D eigenvalue weighted by Gasteiger charge is -2.10. The summed E-state index contributed by atoms with van der Waals surface area (Å²) in [6.45, 7) is 2.03. The lowest BCUT2D eigenvalue weighted by Crippen LogP contribution is -1.84. The van der Waals surface area contributed by atoms with Gasteiger partial charge in [0.1, 0.15) is 0 Å². The molecule has 0 heterocycles. The summed E-state index contributed by atoms with van der Waals surface area (Å²) in [5.74, 6) is 0. The van der Waals surface area contributed by atoms with E-state index in [2.05, 4.69) is 40.3 Å². The van der Waals surface area contributed by atoms with Crippen LogP contribution in [0.1, 0.15) is 5.56 Å². The average Bonchev–Trinajstić information content (AvgIpc) is 2.99. The van der Waals surface area contributed by atoms with Crippen LogP contribution in [-0.4, -0.2) is 12.2 Å². The van der Waals surface area contributed by atoms with Crippen molar-refractivity contribution in [2.75, 3.05) is 0 Å². The number of hydrogen-bond acceptors (Lipinski definition) is 4. The third-order valence-corrected chi connectivity index (χ3v) is 6.63. The van der Waals surface area contributed by atoms with Crippen LogP contribution in [0.15, 0.2) is 137 Å². The Balaban J connectivity index is 0.000000158. The third-order valence-electron chi connectivity index (χ3n) is 6.63. The SMILES string of the molecule is Cc1cccc2c(-c3ccccc3)ccc(N=C=O)c12.O=C=Nc1ccc(-c2ccccc2)c2ccccc12. The fourth-order valence-electron chi connectivity index (χ4n) is 4.88. The molecular weight excluding hydrogens is 480 g/mol. The van der Waals surface area contributed by atoms with Crippen molar-refractivity contribution in [1.82, 2.24) is 0 Å². The van der Waals surface area contributed by atoms with E-state index in [1.807, 2.05) is 104 Å². The second kappa shape index (κ2) is 11.8. The monoisotopic (exact) mass is 504 g/mol. The van der Waals surface area contributed by atoms with E-state index in [9.17, 15) is 9.59 Å². The summed E-state index contributed by atoms with van der Waals surface area (Å²) in [5, 5.41) is 4.17. The molecular formula is C35H24N2O2. The second-order valence-corrected chi connectivity index (χ2v) is 8.95. The van der Waals surface area contributed by atoms with Crippen molar-refractivity contribution in [2.45, 2.75) is 6.92 Å². The van der Waals surface area contributed by atoms with Crippen molar-refractivity contribution < 1.29 is 9.59 Å². The van der Waals surface area contributed by atoms with Crippen LogP contribution in [0.4, 0.5) is 11.4 Å². The maximum absolute atomic E-state index is 10.6. The number of fused-ring (bicyclic) bond motifs is 2. The predicted molar refractivity (Wildman–Crippen MR) is 159 cm³/mol. The topological polar surface area (TPSA) is 58.9 Å². The minimum absolute atomic E-state index is 0.658. The third kappa shape index (κ3) is 5.34. The van der Waals surface area contributed by atoms with Crippen molar-refractivity contribution in [3.05, 3.63) is 133 Å². The summed E-state index contributed by atoms with van der Waals surface area (Å²) < 4.78 is 0. The molecule has 6 aromatic rings. The first kappa shape index (κ1) is 25.3. The first-order valence-corrected chi connectivity index (χ1v) is 12.5. The molecule has 0 bridgehead atoms. The molecule has 39 heavy (non-hydrogen) atoms. The molecule has 0 aliphatic heterocycles. The smallest absolute Gasteiger partial charge is 0.211 e. The van der Waals surface area contributed by atoms with E-state index < -0.39 is 0 Å². The summed E-state index contributed by atoms with van der Waals surface area (Å²) in [7, 11) is 0. The number of aliphatic imine (C=N–C) groups is 2. The van der Waals surface area contributed by atoms with Gasteiger partial charge in [0.25, 0.3) is 0 Å². The molecule has 6 aromatic carbocycles. The first-order valence-electron chi connectivity index (χ1n) is 12.5. The van der Waals surface area contributed by atoms with Gasteiger partial charge in [-0.1, -0.05) is 115 Å². The van der Waals surface area contributed by atoms with Crippen molar-refractivity contribution in [1.29, 1.82) is 0 Å². The minimum Gasteiger partial charge on any atom is -0.211 e. The highest BCUT2D eigenvalue weighted by molar-refractivity contribution is 6.05. The van der Waals surface area contributed by atoms with Crippen LogP contribution in [0.3, 0.4) is 0 Å². The van der Waals surface area contributed by atoms with Crippen LogP contribution < -0.4 is 0 Å². The Morgan fingerprint density at radius 3 is 1.56 bits per heavy atom. The van der Waals surface area contributed by atoms with Crippen LogP contribution in [0.2, 0.25) is 0 Å². The maximum Gasteiger partial charge on any atom is 0.240 e. The number of benzene rings is 6. The van der Waals surface area contributed by atoms with Crippen molar-refractivity contribution in [2.24, 2.45) is 9.98 Å². The van der Waals surface area contributed by atoms with Gasteiger partial charge >= 0.3 is 0 Å². The van der Waals surface area contributed by atoms with E-state index in [1.165, 1.54) is 0 Å².